The summed E-state index contributed by atoms with van der Waals surface area (Å²) in [4.78, 5) is 18.3. The number of nitrogens with zero attached hydrogens (tertiary/aromatic N) is 2. The zero-order valence-corrected chi connectivity index (χ0v) is 16.3. The van der Waals surface area contributed by atoms with E-state index in [9.17, 15) is 9.90 Å². The molecule has 2 aliphatic heterocycles. The number of hydrogen-bond acceptors (Lipinski definition) is 7. The molecule has 25 heavy (non-hydrogen) atoms. The van der Waals surface area contributed by atoms with Crippen molar-refractivity contribution in [1.82, 2.24) is 4.90 Å². The Bertz CT molecular complexity index is 534. The molecule has 1 N–H and O–H groups in total. The van der Waals surface area contributed by atoms with E-state index in [0.29, 0.717) is 11.8 Å². The van der Waals surface area contributed by atoms with Crippen LogP contribution in [-0.4, -0.2) is 70.8 Å². The van der Waals surface area contributed by atoms with Crippen LogP contribution in [0, 0.1) is 5.92 Å². The molecule has 5 atom stereocenters. The Morgan fingerprint density at radius 2 is 2.20 bits per heavy atom. The zero-order valence-electron chi connectivity index (χ0n) is 15.5. The fourth-order valence-electron chi connectivity index (χ4n) is 2.76. The number of amidine groups is 1. The van der Waals surface area contributed by atoms with Crippen LogP contribution >= 0.6 is 11.8 Å². The second kappa shape index (κ2) is 8.07. The summed E-state index contributed by atoms with van der Waals surface area (Å²) >= 11 is 1.35. The number of aliphatic hydroxyl groups is 1. The van der Waals surface area contributed by atoms with Crippen molar-refractivity contribution in [3.05, 3.63) is 12.7 Å². The Balaban J connectivity index is 2.15. The van der Waals surface area contributed by atoms with Crippen molar-refractivity contribution in [3.63, 3.8) is 0 Å². The molecule has 2 heterocycles. The van der Waals surface area contributed by atoms with Crippen molar-refractivity contribution in [2.45, 2.75) is 57.0 Å². The maximum absolute atomic E-state index is 12.3. The number of carbonyl (C=O) groups is 1. The summed E-state index contributed by atoms with van der Waals surface area (Å²) in [6, 6.07) is -0.248. The van der Waals surface area contributed by atoms with Crippen LogP contribution in [0.5, 0.6) is 0 Å². The lowest BCUT2D eigenvalue weighted by Gasteiger charge is -2.40. The largest absolute Gasteiger partial charge is 0.443 e. The Hall–Kier alpha value is -1.09. The second-order valence-corrected chi connectivity index (χ2v) is 8.30. The van der Waals surface area contributed by atoms with E-state index in [1.165, 1.54) is 16.7 Å². The van der Waals surface area contributed by atoms with Crippen molar-refractivity contribution in [1.29, 1.82) is 0 Å². The predicted molar refractivity (Wildman–Crippen MR) is 97.7 cm³/mol. The third-order valence-corrected chi connectivity index (χ3v) is 5.26. The molecule has 0 unspecified atom stereocenters. The summed E-state index contributed by atoms with van der Waals surface area (Å²) < 4.78 is 17.2. The van der Waals surface area contributed by atoms with E-state index in [2.05, 4.69) is 11.6 Å². The first-order chi connectivity index (χ1) is 11.7. The number of aliphatic imine (C=N–C) groups is 1. The Morgan fingerprint density at radius 3 is 2.76 bits per heavy atom. The lowest BCUT2D eigenvalue weighted by molar-refractivity contribution is -0.140. The number of ether oxygens (including phenoxy) is 3. The van der Waals surface area contributed by atoms with Gasteiger partial charge in [0, 0.05) is 13.0 Å². The van der Waals surface area contributed by atoms with Crippen LogP contribution in [0.15, 0.2) is 17.6 Å². The molecule has 0 bridgehead atoms. The summed E-state index contributed by atoms with van der Waals surface area (Å²) in [6.07, 6.45) is 0.675. The van der Waals surface area contributed by atoms with E-state index in [1.54, 1.807) is 13.1 Å². The second-order valence-electron chi connectivity index (χ2n) is 7.23. The van der Waals surface area contributed by atoms with Crippen molar-refractivity contribution < 1.29 is 24.1 Å². The molecule has 8 heteroatoms. The molecule has 1 saturated heterocycles. The van der Waals surface area contributed by atoms with Gasteiger partial charge in [-0.05, 0) is 20.8 Å². The van der Waals surface area contributed by atoms with Crippen molar-refractivity contribution >= 4 is 23.0 Å². The number of thioether (sulfide) groups is 1. The molecule has 0 radical (unpaired) electrons. The molecular formula is C17H28N2O5S. The molecule has 0 aromatic heterocycles. The smallest absolute Gasteiger partial charge is 0.416 e. The summed E-state index contributed by atoms with van der Waals surface area (Å²) in [5.41, 5.74) is -0.882. The zero-order chi connectivity index (χ0) is 18.8. The fraction of sp³-hybridized carbons (Fsp3) is 0.765. The molecule has 142 valence electrons. The minimum absolute atomic E-state index is 0.0262. The molecule has 1 amide bonds. The van der Waals surface area contributed by atoms with Crippen LogP contribution in [0.4, 0.5) is 4.79 Å². The molecule has 7 nitrogen and oxygen atoms in total. The van der Waals surface area contributed by atoms with Gasteiger partial charge in [-0.25, -0.2) is 4.79 Å². The minimum atomic E-state index is -0.579. The van der Waals surface area contributed by atoms with Gasteiger partial charge in [-0.1, -0.05) is 24.8 Å². The van der Waals surface area contributed by atoms with Crippen LogP contribution in [0.1, 0.15) is 27.7 Å². The van der Waals surface area contributed by atoms with E-state index < -0.39 is 11.7 Å². The first-order valence-electron chi connectivity index (χ1n) is 8.38. The van der Waals surface area contributed by atoms with Gasteiger partial charge >= 0.3 is 6.09 Å². The molecule has 2 aliphatic rings. The van der Waals surface area contributed by atoms with Crippen molar-refractivity contribution in [2.24, 2.45) is 10.9 Å². The molecule has 0 aromatic carbocycles. The topological polar surface area (TPSA) is 80.6 Å². The van der Waals surface area contributed by atoms with E-state index in [-0.39, 0.29) is 36.2 Å². The number of rotatable bonds is 4. The van der Waals surface area contributed by atoms with E-state index in [4.69, 9.17) is 14.2 Å². The lowest BCUT2D eigenvalue weighted by atomic mass is 9.90. The Morgan fingerprint density at radius 1 is 1.52 bits per heavy atom. The molecule has 0 spiro atoms. The number of fused-ring (bicyclic) bond motifs is 1. The SMILES string of the molecule is C=CCO[C@H]1[C@H](C)[C@@H](CO)O[C@@H]2SC(N(C)C(=O)OC(C)(C)C)=N[C@H]12. The standard InChI is InChI=1S/C17H28N2O5S/c1-7-8-22-13-10(2)11(9-20)23-14-12(13)18-15(25-14)19(6)16(21)24-17(3,4)5/h7,10-14,20H,1,8-9H2,2-6H3/t10-,11-,12-,13+,14-/m1/s1. The lowest BCUT2D eigenvalue weighted by Crippen LogP contribution is -2.52. The van der Waals surface area contributed by atoms with Crippen LogP contribution in [-0.2, 0) is 14.2 Å². The van der Waals surface area contributed by atoms with Gasteiger partial charge < -0.3 is 19.3 Å². The number of carbonyl (C=O) groups excluding carboxylic acids is 1. The van der Waals surface area contributed by atoms with Gasteiger partial charge in [-0.2, -0.15) is 0 Å². The van der Waals surface area contributed by atoms with Crippen molar-refractivity contribution in [3.8, 4) is 0 Å². The monoisotopic (exact) mass is 372 g/mol. The first kappa shape index (κ1) is 20.2. The summed E-state index contributed by atoms with van der Waals surface area (Å²) in [5, 5.41) is 10.1. The fourth-order valence-corrected chi connectivity index (χ4v) is 3.94. The van der Waals surface area contributed by atoms with E-state index in [0.717, 1.165) is 0 Å². The molecule has 0 aromatic rings. The predicted octanol–water partition coefficient (Wildman–Crippen LogP) is 2.25. The maximum atomic E-state index is 12.3. The highest BCUT2D eigenvalue weighted by Gasteiger charge is 2.49. The number of hydrogen-bond donors (Lipinski definition) is 1. The highest BCUT2D eigenvalue weighted by atomic mass is 32.2. The van der Waals surface area contributed by atoms with Gasteiger partial charge in [0.1, 0.15) is 17.1 Å². The van der Waals surface area contributed by atoms with E-state index >= 15 is 0 Å². The average molecular weight is 372 g/mol. The minimum Gasteiger partial charge on any atom is -0.443 e. The Labute approximate surface area is 153 Å². The molecular weight excluding hydrogens is 344 g/mol. The van der Waals surface area contributed by atoms with Gasteiger partial charge in [-0.3, -0.25) is 9.89 Å². The third-order valence-electron chi connectivity index (χ3n) is 4.05. The van der Waals surface area contributed by atoms with Crippen LogP contribution in [0.25, 0.3) is 0 Å². The molecule has 1 fully saturated rings. The number of aliphatic hydroxyl groups excluding tert-OH is 1. The summed E-state index contributed by atoms with van der Waals surface area (Å²) in [6.45, 7) is 11.4. The maximum Gasteiger partial charge on any atom is 0.416 e. The highest BCUT2D eigenvalue weighted by Crippen LogP contribution is 2.40. The number of amides is 1. The van der Waals surface area contributed by atoms with Crippen LogP contribution in [0.2, 0.25) is 0 Å². The quantitative estimate of drug-likeness (QED) is 0.763. The summed E-state index contributed by atoms with van der Waals surface area (Å²) in [5.74, 6) is -0.0262. The van der Waals surface area contributed by atoms with Crippen LogP contribution in [0.3, 0.4) is 0 Å². The van der Waals surface area contributed by atoms with Gasteiger partial charge in [0.2, 0.25) is 0 Å². The average Bonchev–Trinajstić information content (AvgIpc) is 2.94. The van der Waals surface area contributed by atoms with E-state index in [1.807, 2.05) is 27.7 Å². The van der Waals surface area contributed by atoms with Gasteiger partial charge in [0.05, 0.1) is 25.4 Å². The molecule has 0 aliphatic carbocycles. The van der Waals surface area contributed by atoms with Gasteiger partial charge in [0.25, 0.3) is 0 Å². The first-order valence-corrected chi connectivity index (χ1v) is 9.26. The molecule has 2 rings (SSSR count). The summed E-state index contributed by atoms with van der Waals surface area (Å²) in [7, 11) is 1.63. The normalized spacial score (nSPS) is 31.9. The molecule has 0 saturated carbocycles. The van der Waals surface area contributed by atoms with Crippen LogP contribution < -0.4 is 0 Å². The highest BCUT2D eigenvalue weighted by molar-refractivity contribution is 8.14. The Kier molecular flexibility index (Phi) is 6.53. The van der Waals surface area contributed by atoms with Crippen molar-refractivity contribution in [2.75, 3.05) is 20.3 Å². The third kappa shape index (κ3) is 4.75. The van der Waals surface area contributed by atoms with Gasteiger partial charge in [-0.15, -0.1) is 6.58 Å². The van der Waals surface area contributed by atoms with Gasteiger partial charge in [0.15, 0.2) is 5.17 Å².